The topological polar surface area (TPSA) is 68.2 Å². The molecular formula is C35H50FN5O2. The van der Waals surface area contributed by atoms with Crippen LogP contribution in [0, 0.1) is 17.7 Å². The number of piperidine rings is 1. The van der Waals surface area contributed by atoms with Gasteiger partial charge in [0, 0.05) is 60.8 Å². The molecule has 0 aromatic heterocycles. The predicted molar refractivity (Wildman–Crippen MR) is 173 cm³/mol. The molecule has 3 atom stereocenters. The zero-order valence-corrected chi connectivity index (χ0v) is 27.3. The second kappa shape index (κ2) is 13.6. The number of amides is 1. The third kappa shape index (κ3) is 6.95. The highest BCUT2D eigenvalue weighted by atomic mass is 19.1. The Kier molecular flexibility index (Phi) is 10.3. The minimum Gasteiger partial charge on any atom is -0.344 e. The van der Waals surface area contributed by atoms with Gasteiger partial charge < -0.3 is 15.1 Å². The van der Waals surface area contributed by atoms with Gasteiger partial charge in [-0.25, -0.2) is 4.39 Å². The summed E-state index contributed by atoms with van der Waals surface area (Å²) in [5.41, 5.74) is 4.42. The van der Waals surface area contributed by atoms with E-state index in [0.29, 0.717) is 30.1 Å². The lowest BCUT2D eigenvalue weighted by atomic mass is 9.83. The van der Waals surface area contributed by atoms with Gasteiger partial charge in [0.2, 0.25) is 5.91 Å². The van der Waals surface area contributed by atoms with Crippen LogP contribution < -0.4 is 5.32 Å². The summed E-state index contributed by atoms with van der Waals surface area (Å²) < 4.78 is 16.3. The molecule has 1 saturated heterocycles. The van der Waals surface area contributed by atoms with Gasteiger partial charge >= 0.3 is 0 Å². The number of hydrogen-bond acceptors (Lipinski definition) is 5. The summed E-state index contributed by atoms with van der Waals surface area (Å²) in [5.74, 6) is 0.538. The average Bonchev–Trinajstić information content (AvgIpc) is 3.83. The van der Waals surface area contributed by atoms with E-state index in [1.807, 2.05) is 30.4 Å². The van der Waals surface area contributed by atoms with Crippen molar-refractivity contribution < 1.29 is 14.0 Å². The number of hydrogen-bond donors (Lipinski definition) is 1. The number of nitrogens with one attached hydrogen (secondary N) is 1. The van der Waals surface area contributed by atoms with Crippen LogP contribution in [0.3, 0.4) is 0 Å². The fraction of sp³-hybridized carbons (Fsp3) is 0.571. The maximum atomic E-state index is 16.3. The van der Waals surface area contributed by atoms with Crippen molar-refractivity contribution in [2.45, 2.75) is 91.6 Å². The van der Waals surface area contributed by atoms with Crippen LogP contribution in [-0.2, 0) is 4.79 Å². The highest BCUT2D eigenvalue weighted by molar-refractivity contribution is 6.07. The van der Waals surface area contributed by atoms with Crippen molar-refractivity contribution in [2.75, 3.05) is 27.2 Å². The zero-order valence-electron chi connectivity index (χ0n) is 27.3. The normalized spacial score (nSPS) is 23.6. The Bertz CT molecular complexity index is 1340. The number of likely N-dealkylation sites (tertiary alicyclic amines) is 1. The molecule has 1 aliphatic carbocycles. The zero-order chi connectivity index (χ0) is 31.6. The highest BCUT2D eigenvalue weighted by Gasteiger charge is 2.37. The lowest BCUT2D eigenvalue weighted by Gasteiger charge is -2.43. The number of likely N-dealkylation sites (N-methyl/N-ethyl adjacent to an activating group) is 1. The van der Waals surface area contributed by atoms with Crippen LogP contribution in [0.25, 0.3) is 5.57 Å². The molecule has 1 amide bonds. The monoisotopic (exact) mass is 591 g/mol. The Hall–Kier alpha value is -3.26. The number of nitrogens with zero attached hydrogens (tertiary/aromatic N) is 4. The number of amidine groups is 1. The molecule has 2 heterocycles. The van der Waals surface area contributed by atoms with Crippen LogP contribution in [-0.4, -0.2) is 71.5 Å². The van der Waals surface area contributed by atoms with Gasteiger partial charge in [-0.3, -0.25) is 19.5 Å². The number of allylic oxidation sites excluding steroid dienone is 1. The molecule has 1 N–H and O–H groups in total. The fourth-order valence-electron chi connectivity index (χ4n) is 6.16. The van der Waals surface area contributed by atoms with Gasteiger partial charge in [0.05, 0.1) is 12.2 Å². The molecule has 0 spiro atoms. The van der Waals surface area contributed by atoms with Gasteiger partial charge in [-0.05, 0) is 102 Å². The Morgan fingerprint density at radius 1 is 1.19 bits per heavy atom. The van der Waals surface area contributed by atoms with E-state index in [0.717, 1.165) is 54.6 Å². The summed E-state index contributed by atoms with van der Waals surface area (Å²) in [6.07, 6.45) is 8.34. The Morgan fingerprint density at radius 2 is 1.88 bits per heavy atom. The van der Waals surface area contributed by atoms with Gasteiger partial charge in [-0.15, -0.1) is 0 Å². The predicted octanol–water partition coefficient (Wildman–Crippen LogP) is 6.55. The van der Waals surface area contributed by atoms with E-state index in [9.17, 15) is 9.59 Å². The first kappa shape index (κ1) is 32.6. The molecular weight excluding hydrogens is 541 g/mol. The molecule has 3 aliphatic rings. The Labute approximate surface area is 257 Å². The van der Waals surface area contributed by atoms with Crippen LogP contribution in [0.15, 0.2) is 47.5 Å². The maximum absolute atomic E-state index is 16.3. The molecule has 43 heavy (non-hydrogen) atoms. The number of ketones is 1. The third-order valence-electron chi connectivity index (χ3n) is 9.56. The first-order valence-electron chi connectivity index (χ1n) is 15.9. The summed E-state index contributed by atoms with van der Waals surface area (Å²) in [4.78, 5) is 36.4. The Balaban J connectivity index is 1.81. The van der Waals surface area contributed by atoms with Crippen molar-refractivity contribution in [3.05, 3.63) is 65.0 Å². The molecule has 234 valence electrons. The summed E-state index contributed by atoms with van der Waals surface area (Å²) in [7, 11) is 3.72. The van der Waals surface area contributed by atoms with E-state index in [4.69, 9.17) is 0 Å². The number of aliphatic imine (C=N–C) groups is 1. The Morgan fingerprint density at radius 3 is 2.47 bits per heavy atom. The van der Waals surface area contributed by atoms with Gasteiger partial charge in [-0.1, -0.05) is 20.4 Å². The molecule has 1 aromatic carbocycles. The van der Waals surface area contributed by atoms with Crippen LogP contribution in [0.5, 0.6) is 0 Å². The number of rotatable bonds is 10. The van der Waals surface area contributed by atoms with E-state index in [-0.39, 0.29) is 47.3 Å². The molecule has 1 saturated carbocycles. The SMILES string of the molecule is C=C(C1CC[C@@H](C)N(C(=O)CN(C)C(C)C)C1)N1C=CNC(=NC)/C1=C(\c1c(F)cc(C(C)=O)cc1C1CC1)C(C)CC. The summed E-state index contributed by atoms with van der Waals surface area (Å²) in [6, 6.07) is 3.73. The van der Waals surface area contributed by atoms with E-state index in [1.165, 1.54) is 13.0 Å². The standard InChI is InChI=1S/C35H50FN5O2/c1-10-22(4)32(33-29(26-13-14-26)17-28(25(7)42)18-30(33)36)34-35(37-8)38-15-16-40(34)24(6)27-12-11-23(5)41(19-27)31(43)20-39(9)21(2)3/h15-18,21-23,26-27H,6,10-14,19-20H2,1-5,7-9H3,(H,37,38)/b34-32+/t22?,23-,27?/m1/s1. The highest BCUT2D eigenvalue weighted by Crippen LogP contribution is 2.47. The largest absolute Gasteiger partial charge is 0.344 e. The van der Waals surface area contributed by atoms with Crippen LogP contribution in [0.4, 0.5) is 4.39 Å². The first-order chi connectivity index (χ1) is 20.4. The summed E-state index contributed by atoms with van der Waals surface area (Å²) in [5, 5.41) is 3.30. The molecule has 2 aliphatic heterocycles. The second-order valence-electron chi connectivity index (χ2n) is 12.9. The first-order valence-corrected chi connectivity index (χ1v) is 15.9. The van der Waals surface area contributed by atoms with Crippen molar-refractivity contribution in [3.63, 3.8) is 0 Å². The molecule has 7 nitrogen and oxygen atoms in total. The lowest BCUT2D eigenvalue weighted by molar-refractivity contribution is -0.136. The van der Waals surface area contributed by atoms with E-state index >= 15 is 4.39 Å². The number of Topliss-reactive ketones (excluding diaryl/α,β-unsaturated/α-hetero) is 1. The smallest absolute Gasteiger partial charge is 0.237 e. The van der Waals surface area contributed by atoms with Crippen LogP contribution in [0.1, 0.15) is 101 Å². The number of carbonyl (C=O) groups excluding carboxylic acids is 2. The second-order valence-corrected chi connectivity index (χ2v) is 12.9. The van der Waals surface area contributed by atoms with Crippen LogP contribution in [0.2, 0.25) is 0 Å². The van der Waals surface area contributed by atoms with Gasteiger partial charge in [-0.2, -0.15) is 0 Å². The van der Waals surface area contributed by atoms with Crippen LogP contribution >= 0.6 is 0 Å². The summed E-state index contributed by atoms with van der Waals surface area (Å²) in [6.45, 7) is 17.6. The minimum absolute atomic E-state index is 0.00144. The van der Waals surface area contributed by atoms with Gasteiger partial charge in [0.1, 0.15) is 11.7 Å². The van der Waals surface area contributed by atoms with Crippen molar-refractivity contribution >= 4 is 23.1 Å². The minimum atomic E-state index is -0.370. The number of benzene rings is 1. The molecule has 4 rings (SSSR count). The average molecular weight is 592 g/mol. The molecule has 0 radical (unpaired) electrons. The molecule has 1 aromatic rings. The van der Waals surface area contributed by atoms with Gasteiger partial charge in [0.25, 0.3) is 0 Å². The third-order valence-corrected chi connectivity index (χ3v) is 9.56. The van der Waals surface area contributed by atoms with E-state index in [2.05, 4.69) is 61.3 Å². The maximum Gasteiger partial charge on any atom is 0.237 e. The lowest BCUT2D eigenvalue weighted by Crippen LogP contribution is -2.50. The van der Waals surface area contributed by atoms with Gasteiger partial charge in [0.15, 0.2) is 5.78 Å². The fourth-order valence-corrected chi connectivity index (χ4v) is 6.16. The summed E-state index contributed by atoms with van der Waals surface area (Å²) >= 11 is 0. The molecule has 8 heteroatoms. The molecule has 0 bridgehead atoms. The number of halogens is 1. The van der Waals surface area contributed by atoms with Crippen molar-refractivity contribution in [1.82, 2.24) is 20.0 Å². The van der Waals surface area contributed by atoms with E-state index < -0.39 is 0 Å². The quantitative estimate of drug-likeness (QED) is 0.313. The number of carbonyl (C=O) groups is 2. The van der Waals surface area contributed by atoms with Crippen molar-refractivity contribution in [1.29, 1.82) is 0 Å². The van der Waals surface area contributed by atoms with Crippen molar-refractivity contribution in [2.24, 2.45) is 16.8 Å². The molecule has 2 fully saturated rings. The molecule has 2 unspecified atom stereocenters. The van der Waals surface area contributed by atoms with Crippen molar-refractivity contribution in [3.8, 4) is 0 Å². The van der Waals surface area contributed by atoms with E-state index in [1.54, 1.807) is 7.05 Å².